The lowest BCUT2D eigenvalue weighted by atomic mass is 9.95. The van der Waals surface area contributed by atoms with Crippen LogP contribution in [0.3, 0.4) is 0 Å². The lowest BCUT2D eigenvalue weighted by Crippen LogP contribution is -2.42. The summed E-state index contributed by atoms with van der Waals surface area (Å²) in [6.45, 7) is 4.01. The van der Waals surface area contributed by atoms with Gasteiger partial charge in [-0.3, -0.25) is 0 Å². The van der Waals surface area contributed by atoms with Gasteiger partial charge in [-0.25, -0.2) is 0 Å². The molecule has 4 aromatic carbocycles. The highest BCUT2D eigenvalue weighted by molar-refractivity contribution is 5.84. The summed E-state index contributed by atoms with van der Waals surface area (Å²) in [5.41, 5.74) is 8.35. The topological polar surface area (TPSA) is 64.5 Å². The number of fused-ring (bicyclic) bond motifs is 3. The third-order valence-electron chi connectivity index (χ3n) is 7.41. The number of hydrogen-bond donors (Lipinski definition) is 4. The predicted octanol–water partition coefficient (Wildman–Crippen LogP) is 6.72. The summed E-state index contributed by atoms with van der Waals surface area (Å²) >= 11 is 0. The largest absolute Gasteiger partial charge is 0.393 e. The minimum Gasteiger partial charge on any atom is -0.393 e. The van der Waals surface area contributed by atoms with Gasteiger partial charge in [0.1, 0.15) is 0 Å². The minimum atomic E-state index is -0.665. The van der Waals surface area contributed by atoms with E-state index in [0.717, 1.165) is 35.3 Å². The first-order chi connectivity index (χ1) is 18.0. The van der Waals surface area contributed by atoms with Gasteiger partial charge in [0.2, 0.25) is 0 Å². The zero-order valence-corrected chi connectivity index (χ0v) is 21.6. The molecule has 0 spiro atoms. The molecule has 0 fully saturated rings. The Labute approximate surface area is 220 Å². The Morgan fingerprint density at radius 3 is 1.32 bits per heavy atom. The van der Waals surface area contributed by atoms with Crippen molar-refractivity contribution in [3.8, 4) is 11.1 Å². The second-order valence-corrected chi connectivity index (χ2v) is 10.0. The Bertz CT molecular complexity index is 1230. The van der Waals surface area contributed by atoms with Crippen LogP contribution in [0.1, 0.15) is 48.9 Å². The summed E-state index contributed by atoms with van der Waals surface area (Å²) in [6.07, 6.45) is 2.17. The zero-order chi connectivity index (χ0) is 25.8. The quantitative estimate of drug-likeness (QED) is 0.186. The maximum absolute atomic E-state index is 10.1. The van der Waals surface area contributed by atoms with Gasteiger partial charge in [0.05, 0.1) is 12.2 Å². The fourth-order valence-electron chi connectivity index (χ4n) is 5.25. The first-order valence-corrected chi connectivity index (χ1v) is 13.3. The van der Waals surface area contributed by atoms with Crippen molar-refractivity contribution in [1.82, 2.24) is 0 Å². The normalized spacial score (nSPS) is 14.9. The molecule has 0 radical (unpaired) electrons. The van der Waals surface area contributed by atoms with Crippen molar-refractivity contribution in [2.45, 2.75) is 57.4 Å². The van der Waals surface area contributed by atoms with Crippen molar-refractivity contribution < 1.29 is 10.2 Å². The second kappa shape index (κ2) is 10.8. The highest BCUT2D eigenvalue weighted by Crippen LogP contribution is 2.49. The predicted molar refractivity (Wildman–Crippen MR) is 153 cm³/mol. The van der Waals surface area contributed by atoms with E-state index in [1.54, 1.807) is 0 Å². The van der Waals surface area contributed by atoms with Gasteiger partial charge in [-0.15, -0.1) is 0 Å². The number of nitrogens with one attached hydrogen (secondary N) is 2. The first kappa shape index (κ1) is 25.1. The smallest absolute Gasteiger partial charge is 0.162 e. The van der Waals surface area contributed by atoms with Crippen LogP contribution in [0.15, 0.2) is 97.1 Å². The van der Waals surface area contributed by atoms with Gasteiger partial charge >= 0.3 is 0 Å². The van der Waals surface area contributed by atoms with Crippen molar-refractivity contribution in [3.63, 3.8) is 0 Å². The van der Waals surface area contributed by atoms with E-state index in [4.69, 9.17) is 0 Å². The van der Waals surface area contributed by atoms with Crippen molar-refractivity contribution in [2.24, 2.45) is 0 Å². The number of anilines is 2. The van der Waals surface area contributed by atoms with Gasteiger partial charge in [0.25, 0.3) is 0 Å². The maximum atomic E-state index is 10.1. The first-order valence-electron chi connectivity index (χ1n) is 13.3. The molecular weight excluding hydrogens is 456 g/mol. The Morgan fingerprint density at radius 1 is 0.568 bits per heavy atom. The number of hydrogen-bond acceptors (Lipinski definition) is 4. The van der Waals surface area contributed by atoms with Crippen molar-refractivity contribution in [3.05, 3.63) is 119 Å². The molecule has 4 aromatic rings. The molecule has 0 amide bonds. The Kier molecular flexibility index (Phi) is 7.31. The fraction of sp³-hybridized carbons (Fsp3) is 0.273. The summed E-state index contributed by atoms with van der Waals surface area (Å²) < 4.78 is 0. The molecule has 0 bridgehead atoms. The fourth-order valence-corrected chi connectivity index (χ4v) is 5.25. The lowest BCUT2D eigenvalue weighted by molar-refractivity contribution is 0.170. The van der Waals surface area contributed by atoms with Gasteiger partial charge in [0.15, 0.2) is 5.66 Å². The minimum absolute atomic E-state index is 0.318. The van der Waals surface area contributed by atoms with Crippen LogP contribution in [-0.2, 0) is 18.5 Å². The van der Waals surface area contributed by atoms with Gasteiger partial charge in [-0.2, -0.15) is 0 Å². The van der Waals surface area contributed by atoms with Crippen LogP contribution in [0.25, 0.3) is 11.1 Å². The summed E-state index contributed by atoms with van der Waals surface area (Å²) in [7, 11) is 0. The van der Waals surface area contributed by atoms with Crippen molar-refractivity contribution in [1.29, 1.82) is 0 Å². The zero-order valence-electron chi connectivity index (χ0n) is 21.6. The van der Waals surface area contributed by atoms with E-state index < -0.39 is 5.66 Å². The molecule has 0 saturated heterocycles. The van der Waals surface area contributed by atoms with Gasteiger partial charge < -0.3 is 20.8 Å². The number of aliphatic hydroxyl groups excluding tert-OH is 2. The lowest BCUT2D eigenvalue weighted by Gasteiger charge is -2.36. The van der Waals surface area contributed by atoms with Gasteiger partial charge in [-0.05, 0) is 72.2 Å². The average Bonchev–Trinajstić information content (AvgIpc) is 3.20. The molecule has 1 aliphatic carbocycles. The number of rotatable bonds is 10. The van der Waals surface area contributed by atoms with Gasteiger partial charge in [-0.1, -0.05) is 86.6 Å². The Hall–Kier alpha value is -3.60. The molecule has 0 aromatic heterocycles. The molecule has 4 nitrogen and oxygen atoms in total. The van der Waals surface area contributed by atoms with Crippen LogP contribution in [0.5, 0.6) is 0 Å². The Morgan fingerprint density at radius 2 is 0.946 bits per heavy atom. The molecule has 0 heterocycles. The van der Waals surface area contributed by atoms with Crippen LogP contribution in [0, 0.1) is 0 Å². The number of aliphatic hydroxyl groups is 2. The van der Waals surface area contributed by atoms with E-state index in [1.807, 2.05) is 13.8 Å². The molecule has 0 aliphatic heterocycles. The molecule has 37 heavy (non-hydrogen) atoms. The molecule has 4 heteroatoms. The summed E-state index contributed by atoms with van der Waals surface area (Å²) in [5.74, 6) is 0. The maximum Gasteiger partial charge on any atom is 0.162 e. The summed E-state index contributed by atoms with van der Waals surface area (Å²) in [6, 6.07) is 33.9. The molecule has 2 atom stereocenters. The highest BCUT2D eigenvalue weighted by atomic mass is 16.3. The van der Waals surface area contributed by atoms with Crippen molar-refractivity contribution >= 4 is 11.4 Å². The van der Waals surface area contributed by atoms with Crippen LogP contribution >= 0.6 is 0 Å². The molecule has 5 rings (SSSR count). The molecule has 0 saturated carbocycles. The third-order valence-corrected chi connectivity index (χ3v) is 7.41. The van der Waals surface area contributed by atoms with E-state index in [-0.39, 0.29) is 12.2 Å². The van der Waals surface area contributed by atoms with Crippen LogP contribution in [0.2, 0.25) is 0 Å². The monoisotopic (exact) mass is 492 g/mol. The molecule has 2 unspecified atom stereocenters. The van der Waals surface area contributed by atoms with E-state index >= 15 is 0 Å². The molecule has 190 valence electrons. The number of benzene rings is 4. The summed E-state index contributed by atoms with van der Waals surface area (Å²) in [5, 5.41) is 27.9. The van der Waals surface area contributed by atoms with Crippen molar-refractivity contribution in [2.75, 3.05) is 10.6 Å². The second-order valence-electron chi connectivity index (χ2n) is 10.0. The summed E-state index contributed by atoms with van der Waals surface area (Å²) in [4.78, 5) is 0. The third kappa shape index (κ3) is 5.13. The Balaban J connectivity index is 1.53. The molecule has 1 aliphatic rings. The molecular formula is C33H36N2O2. The van der Waals surface area contributed by atoms with Crippen LogP contribution in [-0.4, -0.2) is 22.4 Å². The van der Waals surface area contributed by atoms with E-state index in [2.05, 4.69) is 108 Å². The van der Waals surface area contributed by atoms with Crippen LogP contribution < -0.4 is 10.6 Å². The van der Waals surface area contributed by atoms with Gasteiger partial charge in [0, 0.05) is 22.5 Å². The van der Waals surface area contributed by atoms with E-state index in [0.29, 0.717) is 12.8 Å². The van der Waals surface area contributed by atoms with E-state index in [9.17, 15) is 10.2 Å². The SMILES string of the molecule is CCC(O)Cc1ccc(NC2(Nc3ccc(CC(O)CC)cc3)c3ccccc3-c3ccccc32)cc1. The molecule has 4 N–H and O–H groups in total. The standard InChI is InChI=1S/C33H36N2O2/c1-3-27(36)21-23-13-17-25(18-14-23)34-33(35-26-19-15-24(16-20-26)22-28(37)4-2)31-11-7-5-9-29(31)30-10-6-8-12-32(30)33/h5-20,27-28,34-37H,3-4,21-22H2,1-2H3. The van der Waals surface area contributed by atoms with Crippen LogP contribution in [0.4, 0.5) is 11.4 Å². The van der Waals surface area contributed by atoms with E-state index in [1.165, 1.54) is 22.3 Å². The highest BCUT2D eigenvalue weighted by Gasteiger charge is 2.43. The average molecular weight is 493 g/mol.